The lowest BCUT2D eigenvalue weighted by atomic mass is 9.43. The maximum absolute atomic E-state index is 11.7. The topological polar surface area (TPSA) is 26.3 Å². The minimum absolute atomic E-state index is 0.0870. The third-order valence-corrected chi connectivity index (χ3v) is 13.4. The Labute approximate surface area is 210 Å². The Morgan fingerprint density at radius 2 is 1.71 bits per heavy atom. The van der Waals surface area contributed by atoms with Crippen LogP contribution in [-0.4, -0.2) is 12.1 Å². The molecule has 2 unspecified atom stereocenters. The summed E-state index contributed by atoms with van der Waals surface area (Å²) in [5, 5.41) is 0. The van der Waals surface area contributed by atoms with Gasteiger partial charge in [0.05, 0.1) is 0 Å². The number of esters is 1. The summed E-state index contributed by atoms with van der Waals surface area (Å²) in [6.45, 7) is 21.0. The zero-order valence-electron chi connectivity index (χ0n) is 23.3. The zero-order valence-corrected chi connectivity index (χ0v) is 23.3. The fraction of sp³-hybridized carbons (Fsp3) is 0.906. The molecular formula is C32H52O2. The minimum Gasteiger partial charge on any atom is -0.462 e. The van der Waals surface area contributed by atoms with Gasteiger partial charge in [0.2, 0.25) is 0 Å². The van der Waals surface area contributed by atoms with Crippen molar-refractivity contribution in [2.45, 2.75) is 125 Å². The van der Waals surface area contributed by atoms with Gasteiger partial charge >= 0.3 is 5.97 Å². The molecule has 10 atom stereocenters. The quantitative estimate of drug-likeness (QED) is 0.288. The molecule has 0 N–H and O–H groups in total. The van der Waals surface area contributed by atoms with Crippen LogP contribution in [0, 0.1) is 57.2 Å². The van der Waals surface area contributed by atoms with E-state index in [1.165, 1.54) is 69.8 Å². The van der Waals surface area contributed by atoms with E-state index in [0.717, 1.165) is 30.1 Å². The smallest absolute Gasteiger partial charge is 0.302 e. The monoisotopic (exact) mass is 468 g/mol. The van der Waals surface area contributed by atoms with Crippen LogP contribution in [0.5, 0.6) is 0 Å². The molecule has 0 aromatic rings. The Kier molecular flexibility index (Phi) is 5.93. The van der Waals surface area contributed by atoms with E-state index in [0.29, 0.717) is 33.5 Å². The van der Waals surface area contributed by atoms with Gasteiger partial charge in [0, 0.05) is 6.92 Å². The van der Waals surface area contributed by atoms with Crippen LogP contribution in [0.1, 0.15) is 119 Å². The molecule has 5 aliphatic carbocycles. The van der Waals surface area contributed by atoms with E-state index in [1.54, 1.807) is 6.92 Å². The molecule has 2 nitrogen and oxygen atoms in total. The first-order valence-electron chi connectivity index (χ1n) is 14.8. The second-order valence-electron chi connectivity index (χ2n) is 14.6. The molecule has 192 valence electrons. The SMILES string of the molecule is C=C(CC[C@@H](C)[C@H]1CC[C@@]2(C)C3CCC4[C@H](C)[C@H](OC(C)=O)CC[C@@]45C[C@@]35CC[C@]12C)C(C)C. The highest BCUT2D eigenvalue weighted by molar-refractivity contribution is 5.66. The molecule has 5 rings (SSSR count). The van der Waals surface area contributed by atoms with E-state index in [1.807, 2.05) is 0 Å². The van der Waals surface area contributed by atoms with Gasteiger partial charge in [0.1, 0.15) is 6.10 Å². The predicted octanol–water partition coefficient (Wildman–Crippen LogP) is 8.60. The Bertz CT molecular complexity index is 844. The first-order valence-corrected chi connectivity index (χ1v) is 14.8. The van der Waals surface area contributed by atoms with Crippen molar-refractivity contribution < 1.29 is 9.53 Å². The summed E-state index contributed by atoms with van der Waals surface area (Å²) in [5.41, 5.74) is 3.61. The molecule has 0 amide bonds. The van der Waals surface area contributed by atoms with Crippen LogP contribution in [0.4, 0.5) is 0 Å². The van der Waals surface area contributed by atoms with Crippen LogP contribution in [0.2, 0.25) is 0 Å². The fourth-order valence-corrected chi connectivity index (χ4v) is 11.2. The van der Waals surface area contributed by atoms with E-state index < -0.39 is 0 Å². The molecular weight excluding hydrogens is 416 g/mol. The normalized spacial score (nSPS) is 49.9. The molecule has 0 radical (unpaired) electrons. The van der Waals surface area contributed by atoms with Gasteiger partial charge in [-0.25, -0.2) is 0 Å². The van der Waals surface area contributed by atoms with Gasteiger partial charge in [0.25, 0.3) is 0 Å². The molecule has 0 saturated heterocycles. The van der Waals surface area contributed by atoms with Gasteiger partial charge < -0.3 is 4.74 Å². The fourth-order valence-electron chi connectivity index (χ4n) is 11.2. The number of carbonyl (C=O) groups excluding carboxylic acids is 1. The summed E-state index contributed by atoms with van der Waals surface area (Å²) in [4.78, 5) is 11.7. The third kappa shape index (κ3) is 3.21. The molecule has 2 heteroatoms. The predicted molar refractivity (Wildman–Crippen MR) is 140 cm³/mol. The number of allylic oxidation sites excluding steroid dienone is 1. The van der Waals surface area contributed by atoms with E-state index >= 15 is 0 Å². The molecule has 0 heterocycles. The van der Waals surface area contributed by atoms with Gasteiger partial charge in [-0.2, -0.15) is 0 Å². The maximum atomic E-state index is 11.7. The molecule has 0 aromatic carbocycles. The molecule has 0 aliphatic heterocycles. The number of fused-ring (bicyclic) bond motifs is 2. The Balaban J connectivity index is 1.35. The third-order valence-electron chi connectivity index (χ3n) is 13.4. The molecule has 0 bridgehead atoms. The summed E-state index contributed by atoms with van der Waals surface area (Å²) < 4.78 is 5.80. The van der Waals surface area contributed by atoms with Gasteiger partial charge in [-0.15, -0.1) is 0 Å². The van der Waals surface area contributed by atoms with E-state index in [2.05, 4.69) is 48.1 Å². The molecule has 34 heavy (non-hydrogen) atoms. The van der Waals surface area contributed by atoms with Crippen LogP contribution in [0.3, 0.4) is 0 Å². The van der Waals surface area contributed by atoms with Crippen molar-refractivity contribution in [2.75, 3.05) is 0 Å². The second-order valence-corrected chi connectivity index (χ2v) is 14.6. The van der Waals surface area contributed by atoms with Crippen molar-refractivity contribution in [3.8, 4) is 0 Å². The number of hydrogen-bond donors (Lipinski definition) is 0. The van der Waals surface area contributed by atoms with Crippen LogP contribution in [0.15, 0.2) is 12.2 Å². The second kappa shape index (κ2) is 8.11. The number of ether oxygens (including phenoxy) is 1. The Hall–Kier alpha value is -0.790. The standard InChI is InChI=1S/C32H52O2/c1-20(2)21(3)9-10-22(4)25-13-15-30(8)28-12-11-26-23(5)27(34-24(6)33)14-16-31(26)19-32(28,31)18-17-29(25,30)7/h20,22-23,25-28H,3,9-19H2,1-2,4-8H3/t22-,23+,25-,26?,27-,28?,29-,30+,31-,32+/m1/s1. The van der Waals surface area contributed by atoms with Crippen molar-refractivity contribution >= 4 is 5.97 Å². The van der Waals surface area contributed by atoms with Crippen LogP contribution >= 0.6 is 0 Å². The summed E-state index contributed by atoms with van der Waals surface area (Å²) in [6, 6.07) is 0. The Morgan fingerprint density at radius 3 is 2.38 bits per heavy atom. The highest BCUT2D eigenvalue weighted by Gasteiger charge is 2.81. The van der Waals surface area contributed by atoms with Gasteiger partial charge in [-0.3, -0.25) is 4.79 Å². The molecule has 2 spiro atoms. The van der Waals surface area contributed by atoms with Crippen LogP contribution in [-0.2, 0) is 9.53 Å². The van der Waals surface area contributed by atoms with Crippen LogP contribution < -0.4 is 0 Å². The molecule has 5 fully saturated rings. The largest absolute Gasteiger partial charge is 0.462 e. The highest BCUT2D eigenvalue weighted by Crippen LogP contribution is 2.88. The van der Waals surface area contributed by atoms with Crippen molar-refractivity contribution in [1.82, 2.24) is 0 Å². The van der Waals surface area contributed by atoms with Crippen molar-refractivity contribution in [1.29, 1.82) is 0 Å². The number of carbonyl (C=O) groups is 1. The average molecular weight is 469 g/mol. The van der Waals surface area contributed by atoms with Gasteiger partial charge in [-0.1, -0.05) is 53.7 Å². The number of hydrogen-bond acceptors (Lipinski definition) is 2. The first kappa shape index (κ1) is 24.9. The lowest BCUT2D eigenvalue weighted by molar-refractivity contribution is -0.165. The van der Waals surface area contributed by atoms with E-state index in [9.17, 15) is 4.79 Å². The van der Waals surface area contributed by atoms with Crippen LogP contribution in [0.25, 0.3) is 0 Å². The highest BCUT2D eigenvalue weighted by atomic mass is 16.5. The van der Waals surface area contributed by atoms with E-state index in [-0.39, 0.29) is 12.1 Å². The summed E-state index contributed by atoms with van der Waals surface area (Å²) in [5.74, 6) is 4.43. The summed E-state index contributed by atoms with van der Waals surface area (Å²) in [7, 11) is 0. The van der Waals surface area contributed by atoms with Crippen molar-refractivity contribution in [2.24, 2.45) is 57.2 Å². The minimum atomic E-state index is -0.0870. The lowest BCUT2D eigenvalue weighted by Crippen LogP contribution is -2.56. The number of rotatable bonds is 6. The summed E-state index contributed by atoms with van der Waals surface area (Å²) >= 11 is 0. The lowest BCUT2D eigenvalue weighted by Gasteiger charge is -2.62. The summed E-state index contributed by atoms with van der Waals surface area (Å²) in [6.07, 6.45) is 15.1. The van der Waals surface area contributed by atoms with Gasteiger partial charge in [0.15, 0.2) is 0 Å². The van der Waals surface area contributed by atoms with Crippen molar-refractivity contribution in [3.05, 3.63) is 12.2 Å². The maximum Gasteiger partial charge on any atom is 0.302 e. The van der Waals surface area contributed by atoms with Gasteiger partial charge in [-0.05, 0) is 128 Å². The zero-order chi connectivity index (χ0) is 24.7. The molecule has 5 aliphatic rings. The van der Waals surface area contributed by atoms with Crippen molar-refractivity contribution in [3.63, 3.8) is 0 Å². The Morgan fingerprint density at radius 1 is 0.971 bits per heavy atom. The first-order chi connectivity index (χ1) is 15.9. The molecule has 5 saturated carbocycles. The van der Waals surface area contributed by atoms with E-state index in [4.69, 9.17) is 4.74 Å². The average Bonchev–Trinajstić information content (AvgIpc) is 3.36. The molecule has 0 aromatic heterocycles.